The minimum atomic E-state index is -4.61. The molecule has 0 atom stereocenters. The topological polar surface area (TPSA) is 55.8 Å². The number of hydrogen-bond donors (Lipinski definition) is 1. The van der Waals surface area contributed by atoms with Crippen LogP contribution in [-0.4, -0.2) is 18.3 Å². The van der Waals surface area contributed by atoms with Crippen LogP contribution < -0.4 is 0 Å². The Morgan fingerprint density at radius 2 is 1.83 bits per heavy atom. The van der Waals surface area contributed by atoms with Crippen LogP contribution in [-0.2, 0) is 19.3 Å². The predicted molar refractivity (Wildman–Crippen MR) is 62.9 cm³/mol. The van der Waals surface area contributed by atoms with Gasteiger partial charge in [-0.15, -0.1) is 0 Å². The number of benzene rings is 1. The molecule has 0 aliphatic rings. The first kappa shape index (κ1) is 15.1. The Labute approximate surface area is 104 Å². The number of phenolic OH excluding ortho intramolecular Hbond substituents is 1. The molecule has 7 heteroatoms. The highest BCUT2D eigenvalue weighted by molar-refractivity contribution is 7.54. The minimum absolute atomic E-state index is 0.161. The van der Waals surface area contributed by atoms with Gasteiger partial charge in [0.15, 0.2) is 0 Å². The van der Waals surface area contributed by atoms with Crippen LogP contribution in [0.2, 0.25) is 0 Å². The molecule has 1 aromatic carbocycles. The normalized spacial score (nSPS) is 12.7. The van der Waals surface area contributed by atoms with Crippen molar-refractivity contribution in [3.05, 3.63) is 29.8 Å². The zero-order valence-electron chi connectivity index (χ0n) is 10.1. The van der Waals surface area contributed by atoms with Crippen LogP contribution in [0.25, 0.3) is 0 Å². The van der Waals surface area contributed by atoms with E-state index in [1.807, 2.05) is 0 Å². The number of rotatable bonds is 6. The molecule has 0 unspecified atom stereocenters. The van der Waals surface area contributed by atoms with Gasteiger partial charge in [0.1, 0.15) is 5.75 Å². The molecule has 1 N–H and O–H groups in total. The fraction of sp³-hybridized carbons (Fsp3) is 0.455. The fourth-order valence-electron chi connectivity index (χ4n) is 1.39. The van der Waals surface area contributed by atoms with E-state index in [1.165, 1.54) is 26.0 Å². The first-order chi connectivity index (χ1) is 8.37. The molecule has 0 aromatic heterocycles. The van der Waals surface area contributed by atoms with Crippen molar-refractivity contribution in [2.45, 2.75) is 19.5 Å². The molecule has 0 aliphatic carbocycles. The molecule has 0 bridgehead atoms. The van der Waals surface area contributed by atoms with Gasteiger partial charge in [-0.1, -0.05) is 12.1 Å². The molecular formula is C11H15F2O4P. The lowest BCUT2D eigenvalue weighted by molar-refractivity contribution is 0.0359. The lowest BCUT2D eigenvalue weighted by atomic mass is 10.2. The largest absolute Gasteiger partial charge is 0.508 e. The molecule has 18 heavy (non-hydrogen) atoms. The second-order valence-electron chi connectivity index (χ2n) is 3.42. The molecule has 0 heterocycles. The average Bonchev–Trinajstić information content (AvgIpc) is 2.29. The predicted octanol–water partition coefficient (Wildman–Crippen LogP) is 3.71. The average molecular weight is 280 g/mol. The van der Waals surface area contributed by atoms with E-state index >= 15 is 0 Å². The molecule has 0 fully saturated rings. The Morgan fingerprint density at radius 1 is 1.28 bits per heavy atom. The highest BCUT2D eigenvalue weighted by Crippen LogP contribution is 2.66. The van der Waals surface area contributed by atoms with E-state index in [4.69, 9.17) is 0 Å². The maximum Gasteiger partial charge on any atom is 0.404 e. The van der Waals surface area contributed by atoms with Gasteiger partial charge in [0.2, 0.25) is 0 Å². The van der Waals surface area contributed by atoms with Gasteiger partial charge >= 0.3 is 13.3 Å². The molecule has 1 rings (SSSR count). The van der Waals surface area contributed by atoms with Crippen molar-refractivity contribution in [2.24, 2.45) is 0 Å². The summed E-state index contributed by atoms with van der Waals surface area (Å²) >= 11 is 0. The Bertz CT molecular complexity index is 440. The van der Waals surface area contributed by atoms with Gasteiger partial charge in [-0.3, -0.25) is 4.57 Å². The Hall–Kier alpha value is -0.970. The molecule has 0 saturated carbocycles. The van der Waals surface area contributed by atoms with E-state index in [9.17, 15) is 18.5 Å². The molecule has 1 aromatic rings. The van der Waals surface area contributed by atoms with Crippen LogP contribution in [0.15, 0.2) is 24.3 Å². The quantitative estimate of drug-likeness (QED) is 0.807. The third-order valence-corrected chi connectivity index (χ3v) is 4.28. The third kappa shape index (κ3) is 2.88. The lowest BCUT2D eigenvalue weighted by Crippen LogP contribution is -2.18. The number of hydrogen-bond acceptors (Lipinski definition) is 4. The zero-order chi connectivity index (χ0) is 13.8. The molecule has 0 spiro atoms. The standard InChI is InChI=1S/C11H15F2O4P/c1-3-16-18(15,17-4-2)11(12,13)9-6-5-7-10(14)8-9/h5-8,14H,3-4H2,1-2H3. The van der Waals surface area contributed by atoms with E-state index < -0.39 is 18.8 Å². The zero-order valence-corrected chi connectivity index (χ0v) is 11.0. The number of phenols is 1. The van der Waals surface area contributed by atoms with Gasteiger partial charge in [-0.05, 0) is 26.0 Å². The molecule has 0 amide bonds. The van der Waals surface area contributed by atoms with E-state index in [0.717, 1.165) is 12.1 Å². The van der Waals surface area contributed by atoms with E-state index in [0.29, 0.717) is 0 Å². The monoisotopic (exact) mass is 280 g/mol. The summed E-state index contributed by atoms with van der Waals surface area (Å²) in [7, 11) is -4.61. The number of alkyl halides is 2. The van der Waals surface area contributed by atoms with Gasteiger partial charge < -0.3 is 14.2 Å². The number of halogens is 2. The fourth-order valence-corrected chi connectivity index (χ4v) is 2.92. The van der Waals surface area contributed by atoms with Crippen LogP contribution in [0.5, 0.6) is 5.75 Å². The smallest absolute Gasteiger partial charge is 0.404 e. The van der Waals surface area contributed by atoms with Crippen LogP contribution in [0.3, 0.4) is 0 Å². The van der Waals surface area contributed by atoms with E-state index in [-0.39, 0.29) is 19.0 Å². The highest BCUT2D eigenvalue weighted by Gasteiger charge is 2.54. The lowest BCUT2D eigenvalue weighted by Gasteiger charge is -2.25. The SMILES string of the molecule is CCOP(=O)(OCC)C(F)(F)c1cccc(O)c1. The summed E-state index contributed by atoms with van der Waals surface area (Å²) in [5.74, 6) is -0.341. The molecule has 102 valence electrons. The maximum absolute atomic E-state index is 14.1. The Morgan fingerprint density at radius 3 is 2.28 bits per heavy atom. The van der Waals surface area contributed by atoms with Crippen LogP contribution >= 0.6 is 7.60 Å². The van der Waals surface area contributed by atoms with Gasteiger partial charge in [0.25, 0.3) is 0 Å². The molecule has 0 radical (unpaired) electrons. The Balaban J connectivity index is 3.20. The summed E-state index contributed by atoms with van der Waals surface area (Å²) in [6.07, 6.45) is 0. The van der Waals surface area contributed by atoms with Crippen molar-refractivity contribution in [3.63, 3.8) is 0 Å². The summed E-state index contributed by atoms with van der Waals surface area (Å²) in [5.41, 5.74) is -4.41. The molecule has 0 aliphatic heterocycles. The van der Waals surface area contributed by atoms with Gasteiger partial charge in [0, 0.05) is 5.56 Å². The third-order valence-electron chi connectivity index (χ3n) is 2.14. The first-order valence-corrected chi connectivity index (χ1v) is 6.98. The van der Waals surface area contributed by atoms with E-state index in [2.05, 4.69) is 9.05 Å². The highest BCUT2D eigenvalue weighted by atomic mass is 31.2. The van der Waals surface area contributed by atoms with Crippen molar-refractivity contribution < 1.29 is 27.5 Å². The summed E-state index contributed by atoms with van der Waals surface area (Å²) in [6, 6.07) is 4.38. The molecule has 4 nitrogen and oxygen atoms in total. The second kappa shape index (κ2) is 5.78. The van der Waals surface area contributed by atoms with Gasteiger partial charge in [0.05, 0.1) is 13.2 Å². The van der Waals surface area contributed by atoms with E-state index in [1.54, 1.807) is 0 Å². The van der Waals surface area contributed by atoms with Crippen LogP contribution in [0.4, 0.5) is 8.78 Å². The molecule has 0 saturated heterocycles. The number of aromatic hydroxyl groups is 1. The van der Waals surface area contributed by atoms with Gasteiger partial charge in [-0.2, -0.15) is 8.78 Å². The van der Waals surface area contributed by atoms with Crippen molar-refractivity contribution >= 4 is 7.60 Å². The van der Waals surface area contributed by atoms with Crippen molar-refractivity contribution in [3.8, 4) is 5.75 Å². The summed E-state index contributed by atoms with van der Waals surface area (Å²) in [6.45, 7) is 2.58. The van der Waals surface area contributed by atoms with Crippen molar-refractivity contribution in [1.29, 1.82) is 0 Å². The summed E-state index contributed by atoms with van der Waals surface area (Å²) in [5, 5.41) is 9.20. The second-order valence-corrected chi connectivity index (χ2v) is 5.50. The first-order valence-electron chi connectivity index (χ1n) is 5.44. The van der Waals surface area contributed by atoms with Crippen LogP contribution in [0.1, 0.15) is 19.4 Å². The minimum Gasteiger partial charge on any atom is -0.508 e. The maximum atomic E-state index is 14.1. The summed E-state index contributed by atoms with van der Waals surface area (Å²) in [4.78, 5) is 0. The molecular weight excluding hydrogens is 265 g/mol. The van der Waals surface area contributed by atoms with Crippen LogP contribution in [0, 0.1) is 0 Å². The Kier molecular flexibility index (Phi) is 4.85. The van der Waals surface area contributed by atoms with Crippen molar-refractivity contribution in [1.82, 2.24) is 0 Å². The van der Waals surface area contributed by atoms with Crippen molar-refractivity contribution in [2.75, 3.05) is 13.2 Å². The summed E-state index contributed by atoms with van der Waals surface area (Å²) < 4.78 is 49.6. The van der Waals surface area contributed by atoms with Gasteiger partial charge in [-0.25, -0.2) is 0 Å².